The zero-order valence-corrected chi connectivity index (χ0v) is 12.3. The molecule has 1 saturated heterocycles. The molecule has 2 rings (SSSR count). The van der Waals surface area contributed by atoms with Gasteiger partial charge < -0.3 is 15.8 Å². The first-order valence-electron chi connectivity index (χ1n) is 7.38. The van der Waals surface area contributed by atoms with E-state index in [1.54, 1.807) is 0 Å². The maximum atomic E-state index is 12.1. The predicted octanol–water partition coefficient (Wildman–Crippen LogP) is 1.93. The molecule has 0 aromatic heterocycles. The van der Waals surface area contributed by atoms with E-state index in [-0.39, 0.29) is 24.2 Å². The van der Waals surface area contributed by atoms with Crippen molar-refractivity contribution in [1.82, 2.24) is 5.32 Å². The molecule has 0 aliphatic carbocycles. The minimum Gasteiger partial charge on any atom is -0.364 e. The summed E-state index contributed by atoms with van der Waals surface area (Å²) in [5.74, 6) is -0.0342. The number of nitrogens with one attached hydrogen (secondary N) is 1. The molecule has 1 amide bonds. The molecule has 110 valence electrons. The summed E-state index contributed by atoms with van der Waals surface area (Å²) in [6, 6.07) is 8.35. The minimum absolute atomic E-state index is 0.00562. The molecule has 20 heavy (non-hydrogen) atoms. The number of benzene rings is 1. The van der Waals surface area contributed by atoms with Crippen molar-refractivity contribution in [1.29, 1.82) is 0 Å². The van der Waals surface area contributed by atoms with Crippen LogP contribution in [0.15, 0.2) is 24.3 Å². The second-order valence-electron chi connectivity index (χ2n) is 5.39. The Morgan fingerprint density at radius 3 is 2.65 bits per heavy atom. The number of carbonyl (C=O) groups excluding carboxylic acids is 1. The van der Waals surface area contributed by atoms with Gasteiger partial charge in [-0.2, -0.15) is 0 Å². The Morgan fingerprint density at radius 1 is 1.40 bits per heavy atom. The van der Waals surface area contributed by atoms with Crippen LogP contribution in [-0.2, 0) is 16.0 Å². The highest BCUT2D eigenvalue weighted by molar-refractivity contribution is 5.81. The first kappa shape index (κ1) is 15.0. The lowest BCUT2D eigenvalue weighted by atomic mass is 10.0. The zero-order valence-electron chi connectivity index (χ0n) is 12.3. The molecule has 1 unspecified atom stereocenters. The van der Waals surface area contributed by atoms with Crippen LogP contribution in [0.5, 0.6) is 0 Å². The fourth-order valence-electron chi connectivity index (χ4n) is 2.50. The number of ether oxygens (including phenoxy) is 1. The number of amides is 1. The van der Waals surface area contributed by atoms with E-state index in [0.717, 1.165) is 24.8 Å². The molecule has 1 heterocycles. The van der Waals surface area contributed by atoms with Gasteiger partial charge in [0.25, 0.3) is 0 Å². The summed E-state index contributed by atoms with van der Waals surface area (Å²) in [4.78, 5) is 12.1. The van der Waals surface area contributed by atoms with Crippen LogP contribution in [0, 0.1) is 0 Å². The number of nitrogens with two attached hydrogens (primary N) is 1. The van der Waals surface area contributed by atoms with E-state index < -0.39 is 0 Å². The molecular formula is C16H24N2O2. The van der Waals surface area contributed by atoms with Crippen molar-refractivity contribution in [3.05, 3.63) is 35.4 Å². The van der Waals surface area contributed by atoms with Gasteiger partial charge in [-0.05, 0) is 37.3 Å². The molecule has 0 radical (unpaired) electrons. The van der Waals surface area contributed by atoms with Crippen molar-refractivity contribution in [2.45, 2.75) is 51.4 Å². The second kappa shape index (κ2) is 6.86. The summed E-state index contributed by atoms with van der Waals surface area (Å²) in [6.07, 6.45) is 2.34. The third-order valence-electron chi connectivity index (χ3n) is 3.91. The van der Waals surface area contributed by atoms with E-state index in [9.17, 15) is 4.79 Å². The fraction of sp³-hybridized carbons (Fsp3) is 0.562. The van der Waals surface area contributed by atoms with Crippen LogP contribution in [0.1, 0.15) is 43.9 Å². The minimum atomic E-state index is -0.346. The Balaban J connectivity index is 1.90. The number of hydrogen-bond donors (Lipinski definition) is 2. The predicted molar refractivity (Wildman–Crippen MR) is 79.3 cm³/mol. The molecule has 3 N–H and O–H groups in total. The van der Waals surface area contributed by atoms with Gasteiger partial charge in [0, 0.05) is 6.54 Å². The Kier molecular flexibility index (Phi) is 5.15. The molecule has 1 aromatic carbocycles. The standard InChI is InChI=1S/C16H24N2O2/c1-3-12-4-6-13(7-5-12)11(2)18-16(19)15-9-8-14(10-17)20-15/h4-7,11,14-15H,3,8-10,17H2,1-2H3,(H,18,19)/t11?,14-,15+/m1/s1. The normalized spacial score (nSPS) is 23.6. The average molecular weight is 276 g/mol. The fourth-order valence-corrected chi connectivity index (χ4v) is 2.50. The summed E-state index contributed by atoms with van der Waals surface area (Å²) in [7, 11) is 0. The Hall–Kier alpha value is -1.39. The Morgan fingerprint density at radius 2 is 2.10 bits per heavy atom. The molecular weight excluding hydrogens is 252 g/mol. The SMILES string of the molecule is CCc1ccc(C(C)NC(=O)[C@@H]2CC[C@H](CN)O2)cc1. The lowest BCUT2D eigenvalue weighted by Gasteiger charge is -2.18. The van der Waals surface area contributed by atoms with Crippen molar-refractivity contribution >= 4 is 5.91 Å². The van der Waals surface area contributed by atoms with Crippen LogP contribution in [0.3, 0.4) is 0 Å². The zero-order chi connectivity index (χ0) is 14.5. The van der Waals surface area contributed by atoms with Gasteiger partial charge in [-0.15, -0.1) is 0 Å². The van der Waals surface area contributed by atoms with Gasteiger partial charge in [-0.3, -0.25) is 4.79 Å². The van der Waals surface area contributed by atoms with Gasteiger partial charge in [0.1, 0.15) is 6.10 Å². The van der Waals surface area contributed by atoms with Crippen molar-refractivity contribution in [3.8, 4) is 0 Å². The summed E-state index contributed by atoms with van der Waals surface area (Å²) in [5.41, 5.74) is 7.98. The molecule has 0 spiro atoms. The van der Waals surface area contributed by atoms with Gasteiger partial charge in [0.15, 0.2) is 0 Å². The maximum Gasteiger partial charge on any atom is 0.249 e. The van der Waals surface area contributed by atoms with E-state index in [0.29, 0.717) is 6.54 Å². The lowest BCUT2D eigenvalue weighted by molar-refractivity contribution is -0.132. The topological polar surface area (TPSA) is 64.4 Å². The molecule has 0 saturated carbocycles. The number of hydrogen-bond acceptors (Lipinski definition) is 3. The average Bonchev–Trinajstić information content (AvgIpc) is 2.96. The first-order valence-corrected chi connectivity index (χ1v) is 7.38. The summed E-state index contributed by atoms with van der Waals surface area (Å²) < 4.78 is 5.61. The second-order valence-corrected chi connectivity index (χ2v) is 5.39. The third-order valence-corrected chi connectivity index (χ3v) is 3.91. The quantitative estimate of drug-likeness (QED) is 0.863. The highest BCUT2D eigenvalue weighted by atomic mass is 16.5. The molecule has 0 bridgehead atoms. The third kappa shape index (κ3) is 3.58. The Labute approximate surface area is 120 Å². The highest BCUT2D eigenvalue weighted by Crippen LogP contribution is 2.20. The highest BCUT2D eigenvalue weighted by Gasteiger charge is 2.30. The number of aryl methyl sites for hydroxylation is 1. The molecule has 1 aliphatic rings. The van der Waals surface area contributed by atoms with E-state index in [2.05, 4.69) is 36.5 Å². The van der Waals surface area contributed by atoms with Crippen molar-refractivity contribution in [2.24, 2.45) is 5.73 Å². The van der Waals surface area contributed by atoms with Crippen LogP contribution in [0.4, 0.5) is 0 Å². The van der Waals surface area contributed by atoms with Crippen molar-refractivity contribution in [3.63, 3.8) is 0 Å². The van der Waals surface area contributed by atoms with E-state index >= 15 is 0 Å². The van der Waals surface area contributed by atoms with E-state index in [1.165, 1.54) is 5.56 Å². The van der Waals surface area contributed by atoms with E-state index in [4.69, 9.17) is 10.5 Å². The first-order chi connectivity index (χ1) is 9.63. The Bertz CT molecular complexity index is 444. The van der Waals surface area contributed by atoms with Crippen LogP contribution >= 0.6 is 0 Å². The molecule has 1 fully saturated rings. The number of carbonyl (C=O) groups is 1. The molecule has 1 aromatic rings. The molecule has 1 aliphatic heterocycles. The van der Waals surface area contributed by atoms with Gasteiger partial charge in [-0.25, -0.2) is 0 Å². The van der Waals surface area contributed by atoms with Gasteiger partial charge in [0.2, 0.25) is 5.91 Å². The van der Waals surface area contributed by atoms with Gasteiger partial charge in [-0.1, -0.05) is 31.2 Å². The maximum absolute atomic E-state index is 12.1. The van der Waals surface area contributed by atoms with Gasteiger partial charge in [0.05, 0.1) is 12.1 Å². The number of rotatable bonds is 5. The smallest absolute Gasteiger partial charge is 0.249 e. The molecule has 4 nitrogen and oxygen atoms in total. The van der Waals surface area contributed by atoms with Gasteiger partial charge >= 0.3 is 0 Å². The lowest BCUT2D eigenvalue weighted by Crippen LogP contribution is -2.36. The van der Waals surface area contributed by atoms with E-state index in [1.807, 2.05) is 6.92 Å². The molecule has 3 atom stereocenters. The van der Waals surface area contributed by atoms with Crippen LogP contribution in [0.2, 0.25) is 0 Å². The van der Waals surface area contributed by atoms with Crippen LogP contribution in [-0.4, -0.2) is 24.7 Å². The summed E-state index contributed by atoms with van der Waals surface area (Å²) in [6.45, 7) is 4.61. The summed E-state index contributed by atoms with van der Waals surface area (Å²) in [5, 5.41) is 3.02. The van der Waals surface area contributed by atoms with Crippen LogP contribution in [0.25, 0.3) is 0 Å². The van der Waals surface area contributed by atoms with Crippen molar-refractivity contribution < 1.29 is 9.53 Å². The van der Waals surface area contributed by atoms with Crippen molar-refractivity contribution in [2.75, 3.05) is 6.54 Å². The molecule has 4 heteroatoms. The van der Waals surface area contributed by atoms with Crippen LogP contribution < -0.4 is 11.1 Å². The monoisotopic (exact) mass is 276 g/mol. The summed E-state index contributed by atoms with van der Waals surface area (Å²) >= 11 is 0. The largest absolute Gasteiger partial charge is 0.364 e.